The second-order valence-corrected chi connectivity index (χ2v) is 4.70. The Hall–Kier alpha value is -1.00. The van der Waals surface area contributed by atoms with Crippen LogP contribution in [0.1, 0.15) is 38.3 Å². The summed E-state index contributed by atoms with van der Waals surface area (Å²) >= 11 is 0. The minimum Gasteiger partial charge on any atom is -0.391 e. The van der Waals surface area contributed by atoms with E-state index in [1.165, 1.54) is 6.07 Å². The first-order chi connectivity index (χ1) is 7.93. The maximum absolute atomic E-state index is 13.4. The van der Waals surface area contributed by atoms with Gasteiger partial charge in [0.2, 0.25) is 0 Å². The van der Waals surface area contributed by atoms with Crippen LogP contribution in [0, 0.1) is 17.6 Å². The predicted octanol–water partition coefficient (Wildman–Crippen LogP) is 2.76. The van der Waals surface area contributed by atoms with Gasteiger partial charge < -0.3 is 10.8 Å². The maximum Gasteiger partial charge on any atom is 0.131 e. The Labute approximate surface area is 100 Å². The van der Waals surface area contributed by atoms with E-state index in [1.807, 2.05) is 13.8 Å². The molecule has 2 atom stereocenters. The lowest BCUT2D eigenvalue weighted by molar-refractivity contribution is 0.125. The molecule has 0 aliphatic rings. The highest BCUT2D eigenvalue weighted by atomic mass is 19.1. The van der Waals surface area contributed by atoms with Crippen molar-refractivity contribution in [1.29, 1.82) is 0 Å². The molecule has 0 aromatic heterocycles. The third-order valence-corrected chi connectivity index (χ3v) is 2.79. The van der Waals surface area contributed by atoms with Gasteiger partial charge in [0.15, 0.2) is 0 Å². The van der Waals surface area contributed by atoms with Gasteiger partial charge >= 0.3 is 0 Å². The molecule has 0 radical (unpaired) electrons. The number of hydrogen-bond donors (Lipinski definition) is 2. The average Bonchev–Trinajstić information content (AvgIpc) is 2.25. The summed E-state index contributed by atoms with van der Waals surface area (Å²) in [6, 6.07) is 2.55. The Bertz CT molecular complexity index is 348. The third-order valence-electron chi connectivity index (χ3n) is 2.79. The molecule has 0 heterocycles. The molecule has 1 aromatic rings. The van der Waals surface area contributed by atoms with E-state index in [1.54, 1.807) is 0 Å². The molecule has 0 aliphatic heterocycles. The first-order valence-corrected chi connectivity index (χ1v) is 5.81. The largest absolute Gasteiger partial charge is 0.391 e. The summed E-state index contributed by atoms with van der Waals surface area (Å²) in [7, 11) is 0. The number of halogens is 2. The minimum atomic E-state index is -1.02. The Morgan fingerprint density at radius 2 is 1.71 bits per heavy atom. The van der Waals surface area contributed by atoms with Crippen LogP contribution in [0.15, 0.2) is 18.2 Å². The van der Waals surface area contributed by atoms with Crippen LogP contribution in [-0.4, -0.2) is 11.2 Å². The van der Waals surface area contributed by atoms with Gasteiger partial charge in [-0.1, -0.05) is 19.9 Å². The molecule has 0 spiro atoms. The summed E-state index contributed by atoms with van der Waals surface area (Å²) in [5, 5.41) is 9.81. The highest BCUT2D eigenvalue weighted by molar-refractivity contribution is 5.23. The molecular formula is C13H19F2NO. The fourth-order valence-corrected chi connectivity index (χ4v) is 1.71. The lowest BCUT2D eigenvalue weighted by atomic mass is 9.95. The molecule has 0 amide bonds. The Morgan fingerprint density at radius 1 is 1.18 bits per heavy atom. The summed E-state index contributed by atoms with van der Waals surface area (Å²) in [6.45, 7) is 4.03. The molecule has 0 saturated carbocycles. The molecule has 2 nitrogen and oxygen atoms in total. The van der Waals surface area contributed by atoms with Crippen LogP contribution in [-0.2, 0) is 0 Å². The monoisotopic (exact) mass is 243 g/mol. The molecule has 96 valence electrons. The number of rotatable bonds is 5. The molecule has 0 fully saturated rings. The van der Waals surface area contributed by atoms with E-state index in [0.717, 1.165) is 18.6 Å². The van der Waals surface area contributed by atoms with Crippen LogP contribution in [0.25, 0.3) is 0 Å². The van der Waals surface area contributed by atoms with E-state index in [0.29, 0.717) is 12.3 Å². The van der Waals surface area contributed by atoms with Crippen LogP contribution < -0.4 is 5.73 Å². The van der Waals surface area contributed by atoms with Gasteiger partial charge in [-0.25, -0.2) is 8.78 Å². The SMILES string of the molecule is CC(C)CC[C@H](O)[C@H](N)c1c(F)cccc1F. The second kappa shape index (κ2) is 6.07. The third kappa shape index (κ3) is 3.75. The standard InChI is InChI=1S/C13H19F2NO/c1-8(2)6-7-11(17)13(16)12-9(14)4-3-5-10(12)15/h3-5,8,11,13,17H,6-7,16H2,1-2H3/t11-,13-/m0/s1. The first kappa shape index (κ1) is 14.1. The zero-order chi connectivity index (χ0) is 13.0. The fourth-order valence-electron chi connectivity index (χ4n) is 1.71. The van der Waals surface area contributed by atoms with Gasteiger partial charge in [-0.15, -0.1) is 0 Å². The second-order valence-electron chi connectivity index (χ2n) is 4.70. The summed E-state index contributed by atoms with van der Waals surface area (Å²) < 4.78 is 26.9. The molecule has 17 heavy (non-hydrogen) atoms. The maximum atomic E-state index is 13.4. The van der Waals surface area contributed by atoms with Crippen LogP contribution >= 0.6 is 0 Å². The molecule has 0 saturated heterocycles. The average molecular weight is 243 g/mol. The minimum absolute atomic E-state index is 0.233. The predicted molar refractivity (Wildman–Crippen MR) is 63.4 cm³/mol. The van der Waals surface area contributed by atoms with E-state index >= 15 is 0 Å². The molecule has 4 heteroatoms. The smallest absolute Gasteiger partial charge is 0.131 e. The number of aliphatic hydroxyl groups excluding tert-OH is 1. The van der Waals surface area contributed by atoms with E-state index in [4.69, 9.17) is 5.73 Å². The van der Waals surface area contributed by atoms with E-state index in [9.17, 15) is 13.9 Å². The topological polar surface area (TPSA) is 46.2 Å². The number of benzene rings is 1. The summed E-state index contributed by atoms with van der Waals surface area (Å²) in [4.78, 5) is 0. The van der Waals surface area contributed by atoms with E-state index in [2.05, 4.69) is 0 Å². The molecule has 0 unspecified atom stereocenters. The lowest BCUT2D eigenvalue weighted by Crippen LogP contribution is -2.28. The van der Waals surface area contributed by atoms with Crippen molar-refractivity contribution >= 4 is 0 Å². The van der Waals surface area contributed by atoms with Crippen molar-refractivity contribution < 1.29 is 13.9 Å². The van der Waals surface area contributed by atoms with Crippen molar-refractivity contribution in [2.45, 2.75) is 38.8 Å². The van der Waals surface area contributed by atoms with Crippen LogP contribution in [0.3, 0.4) is 0 Å². The van der Waals surface area contributed by atoms with Gasteiger partial charge in [-0.2, -0.15) is 0 Å². The van der Waals surface area contributed by atoms with Crippen molar-refractivity contribution in [3.63, 3.8) is 0 Å². The first-order valence-electron chi connectivity index (χ1n) is 5.81. The normalized spacial score (nSPS) is 15.0. The summed E-state index contributed by atoms with van der Waals surface area (Å²) in [5.41, 5.74) is 5.46. The van der Waals surface area contributed by atoms with Crippen molar-refractivity contribution in [2.75, 3.05) is 0 Å². The number of nitrogens with two attached hydrogens (primary N) is 1. The van der Waals surface area contributed by atoms with Gasteiger partial charge in [0, 0.05) is 5.56 Å². The van der Waals surface area contributed by atoms with Gasteiger partial charge in [0.25, 0.3) is 0 Å². The Balaban J connectivity index is 2.78. The van der Waals surface area contributed by atoms with E-state index in [-0.39, 0.29) is 5.56 Å². The van der Waals surface area contributed by atoms with Crippen LogP contribution in [0.2, 0.25) is 0 Å². The highest BCUT2D eigenvalue weighted by Gasteiger charge is 2.23. The van der Waals surface area contributed by atoms with Gasteiger partial charge in [0.1, 0.15) is 11.6 Å². The lowest BCUT2D eigenvalue weighted by Gasteiger charge is -2.20. The quantitative estimate of drug-likeness (QED) is 0.835. The van der Waals surface area contributed by atoms with E-state index < -0.39 is 23.8 Å². The Kier molecular flexibility index (Phi) is 5.02. The van der Waals surface area contributed by atoms with Gasteiger partial charge in [-0.05, 0) is 30.9 Å². The van der Waals surface area contributed by atoms with Crippen molar-refractivity contribution in [3.05, 3.63) is 35.4 Å². The van der Waals surface area contributed by atoms with Crippen molar-refractivity contribution in [3.8, 4) is 0 Å². The molecule has 0 aliphatic carbocycles. The summed E-state index contributed by atoms with van der Waals surface area (Å²) in [5.74, 6) is -0.996. The van der Waals surface area contributed by atoms with Crippen molar-refractivity contribution in [2.24, 2.45) is 11.7 Å². The zero-order valence-electron chi connectivity index (χ0n) is 10.2. The molecule has 3 N–H and O–H groups in total. The fraction of sp³-hybridized carbons (Fsp3) is 0.538. The number of aliphatic hydroxyl groups is 1. The van der Waals surface area contributed by atoms with Gasteiger partial charge in [-0.3, -0.25) is 0 Å². The van der Waals surface area contributed by atoms with Crippen LogP contribution in [0.4, 0.5) is 8.78 Å². The van der Waals surface area contributed by atoms with Gasteiger partial charge in [0.05, 0.1) is 12.1 Å². The molecular weight excluding hydrogens is 224 g/mol. The zero-order valence-corrected chi connectivity index (χ0v) is 10.2. The molecule has 1 aromatic carbocycles. The summed E-state index contributed by atoms with van der Waals surface area (Å²) in [6.07, 6.45) is 0.279. The Morgan fingerprint density at radius 3 is 2.18 bits per heavy atom. The highest BCUT2D eigenvalue weighted by Crippen LogP contribution is 2.24. The van der Waals surface area contributed by atoms with Crippen LogP contribution in [0.5, 0.6) is 0 Å². The molecule has 0 bridgehead atoms. The molecule has 1 rings (SSSR count). The number of hydrogen-bond acceptors (Lipinski definition) is 2. The van der Waals surface area contributed by atoms with Crippen molar-refractivity contribution in [1.82, 2.24) is 0 Å².